The second-order valence-electron chi connectivity index (χ2n) is 4.90. The molecule has 5 heteroatoms. The number of pyridine rings is 1. The summed E-state index contributed by atoms with van der Waals surface area (Å²) < 4.78 is 4.84. The first kappa shape index (κ1) is 34.3. The maximum absolute atomic E-state index is 11.7. The van der Waals surface area contributed by atoms with Crippen molar-refractivity contribution in [3.05, 3.63) is 90.8 Å². The van der Waals surface area contributed by atoms with Crippen LogP contribution in [-0.2, 0) is 11.2 Å². The zero-order valence-electron chi connectivity index (χ0n) is 20.5. The van der Waals surface area contributed by atoms with Crippen molar-refractivity contribution >= 4 is 11.6 Å². The standard InChI is InChI=1S/C14H13NO.C6H6NO.3C2H6.Rb/c16-14(11-12-7-3-1-4-8-12)15-13-9-5-2-6-10-13;1-8-6-2-4-7-5-3-6;3*1-2;/h1-10H,11H2,(H,15,16);2-4H,1H3;3*1-2H3;/q;-1;;;;+1. The second kappa shape index (κ2) is 26.7. The summed E-state index contributed by atoms with van der Waals surface area (Å²) >= 11 is 0. The number of hydrogen-bond acceptors (Lipinski definition) is 3. The molecule has 0 aliphatic carbocycles. The van der Waals surface area contributed by atoms with E-state index < -0.39 is 0 Å². The van der Waals surface area contributed by atoms with Crippen molar-refractivity contribution in [2.24, 2.45) is 0 Å². The minimum absolute atomic E-state index is 0. The fraction of sp³-hybridized carbons (Fsp3) is 0.308. The van der Waals surface area contributed by atoms with E-state index in [1.54, 1.807) is 25.4 Å². The summed E-state index contributed by atoms with van der Waals surface area (Å²) in [5, 5.41) is 2.85. The summed E-state index contributed by atoms with van der Waals surface area (Å²) in [5.41, 5.74) is 1.86. The van der Waals surface area contributed by atoms with Crippen molar-refractivity contribution < 1.29 is 67.7 Å². The maximum atomic E-state index is 11.7. The first-order valence-corrected chi connectivity index (χ1v) is 10.5. The molecule has 0 aliphatic heterocycles. The van der Waals surface area contributed by atoms with Gasteiger partial charge in [-0.15, -0.1) is 12.1 Å². The Morgan fingerprint density at radius 3 is 1.81 bits per heavy atom. The van der Waals surface area contributed by atoms with Crippen LogP contribution in [0.5, 0.6) is 5.75 Å². The van der Waals surface area contributed by atoms with Crippen LogP contribution < -0.4 is 68.2 Å². The van der Waals surface area contributed by atoms with E-state index in [0.717, 1.165) is 17.0 Å². The molecular formula is C26H37N2O2Rb. The van der Waals surface area contributed by atoms with Crippen molar-refractivity contribution in [1.82, 2.24) is 4.98 Å². The van der Waals surface area contributed by atoms with Crippen LogP contribution in [0.3, 0.4) is 0 Å². The number of nitrogens with zero attached hydrogens (tertiary/aromatic N) is 1. The Morgan fingerprint density at radius 1 is 0.871 bits per heavy atom. The normalized spacial score (nSPS) is 7.84. The molecular weight excluding hydrogens is 458 g/mol. The number of para-hydroxylation sites is 1. The molecule has 1 aromatic heterocycles. The molecule has 4 nitrogen and oxygen atoms in total. The Bertz CT molecular complexity index is 681. The molecule has 0 bridgehead atoms. The number of benzene rings is 2. The molecule has 164 valence electrons. The Labute approximate surface area is 238 Å². The Kier molecular flexibility index (Phi) is 29.5. The number of amides is 1. The summed E-state index contributed by atoms with van der Waals surface area (Å²) in [7, 11) is 1.61. The van der Waals surface area contributed by atoms with Crippen LogP contribution in [-0.4, -0.2) is 18.0 Å². The summed E-state index contributed by atoms with van der Waals surface area (Å²) in [6.07, 6.45) is 4.69. The van der Waals surface area contributed by atoms with Gasteiger partial charge in [0.05, 0.1) is 13.5 Å². The van der Waals surface area contributed by atoms with Gasteiger partial charge in [-0.05, 0) is 17.7 Å². The van der Waals surface area contributed by atoms with Crippen LogP contribution in [0.2, 0.25) is 0 Å². The molecule has 0 aliphatic rings. The van der Waals surface area contributed by atoms with Crippen molar-refractivity contribution in [1.29, 1.82) is 0 Å². The quantitative estimate of drug-likeness (QED) is 0.561. The summed E-state index contributed by atoms with van der Waals surface area (Å²) in [6.45, 7) is 12.0. The SMILES string of the molecule is CC.CC.CC.COc1c[c-]ncc1.O=C(Cc1ccccc1)Nc1ccccc1.[Rb+]. The van der Waals surface area contributed by atoms with Gasteiger partial charge >= 0.3 is 58.2 Å². The first-order chi connectivity index (χ1) is 14.8. The van der Waals surface area contributed by atoms with E-state index in [-0.39, 0.29) is 64.1 Å². The number of methoxy groups -OCH3 is 1. The number of nitrogens with one attached hydrogen (secondary N) is 1. The topological polar surface area (TPSA) is 51.2 Å². The van der Waals surface area contributed by atoms with Crippen LogP contribution in [0.25, 0.3) is 0 Å². The molecule has 1 amide bonds. The molecule has 1 N–H and O–H groups in total. The van der Waals surface area contributed by atoms with Gasteiger partial charge in [-0.2, -0.15) is 0 Å². The molecule has 0 atom stereocenters. The van der Waals surface area contributed by atoms with Gasteiger partial charge in [-0.3, -0.25) is 4.79 Å². The van der Waals surface area contributed by atoms with Crippen molar-refractivity contribution in [2.75, 3.05) is 12.4 Å². The second-order valence-corrected chi connectivity index (χ2v) is 4.90. The minimum Gasteiger partial charge on any atom is -0.554 e. The third-order valence-electron chi connectivity index (χ3n) is 3.10. The van der Waals surface area contributed by atoms with Crippen molar-refractivity contribution in [2.45, 2.75) is 48.0 Å². The Morgan fingerprint density at radius 2 is 1.39 bits per heavy atom. The van der Waals surface area contributed by atoms with E-state index in [4.69, 9.17) is 4.74 Å². The van der Waals surface area contributed by atoms with Gasteiger partial charge in [0.25, 0.3) is 0 Å². The molecule has 0 radical (unpaired) electrons. The number of carbonyl (C=O) groups is 1. The van der Waals surface area contributed by atoms with Crippen LogP contribution >= 0.6 is 0 Å². The van der Waals surface area contributed by atoms with E-state index in [2.05, 4.69) is 16.5 Å². The van der Waals surface area contributed by atoms with E-state index in [9.17, 15) is 4.79 Å². The fourth-order valence-corrected chi connectivity index (χ4v) is 1.94. The third kappa shape index (κ3) is 19.1. The molecule has 0 unspecified atom stereocenters. The average molecular weight is 495 g/mol. The Hall–Kier alpha value is -1.33. The Balaban J connectivity index is -0.000000444. The van der Waals surface area contributed by atoms with Crippen LogP contribution in [0.15, 0.2) is 79.0 Å². The van der Waals surface area contributed by atoms with Gasteiger partial charge < -0.3 is 15.0 Å². The monoisotopic (exact) mass is 494 g/mol. The number of aromatic nitrogens is 1. The van der Waals surface area contributed by atoms with Crippen LogP contribution in [0, 0.1) is 6.20 Å². The summed E-state index contributed by atoms with van der Waals surface area (Å²) in [4.78, 5) is 15.4. The fourth-order valence-electron chi connectivity index (χ4n) is 1.94. The molecule has 2 aromatic carbocycles. The summed E-state index contributed by atoms with van der Waals surface area (Å²) in [5.74, 6) is 0.803. The number of anilines is 1. The number of ether oxygens (including phenoxy) is 1. The molecule has 0 fully saturated rings. The van der Waals surface area contributed by atoms with Crippen molar-refractivity contribution in [3.8, 4) is 5.75 Å². The summed E-state index contributed by atoms with van der Waals surface area (Å²) in [6, 6.07) is 22.6. The predicted octanol–water partition coefficient (Wildman–Crippen LogP) is 3.84. The van der Waals surface area contributed by atoms with Gasteiger partial charge in [0, 0.05) is 11.4 Å². The van der Waals surface area contributed by atoms with Crippen LogP contribution in [0.1, 0.15) is 47.1 Å². The minimum atomic E-state index is 0. The molecule has 3 aromatic rings. The largest absolute Gasteiger partial charge is 1.00 e. The smallest absolute Gasteiger partial charge is 0.554 e. The van der Waals surface area contributed by atoms with E-state index >= 15 is 0 Å². The molecule has 3 rings (SSSR count). The number of hydrogen-bond donors (Lipinski definition) is 1. The third-order valence-corrected chi connectivity index (χ3v) is 3.10. The molecule has 0 spiro atoms. The zero-order chi connectivity index (χ0) is 23.0. The van der Waals surface area contributed by atoms with Gasteiger partial charge in [0.2, 0.25) is 5.91 Å². The average Bonchev–Trinajstić information content (AvgIpc) is 2.85. The predicted molar refractivity (Wildman–Crippen MR) is 129 cm³/mol. The van der Waals surface area contributed by atoms with E-state index in [1.165, 1.54) is 0 Å². The number of carbonyl (C=O) groups excluding carboxylic acids is 1. The van der Waals surface area contributed by atoms with Crippen molar-refractivity contribution in [3.63, 3.8) is 0 Å². The zero-order valence-corrected chi connectivity index (χ0v) is 25.4. The molecule has 1 heterocycles. The van der Waals surface area contributed by atoms with Gasteiger partial charge in [0.1, 0.15) is 0 Å². The molecule has 0 saturated carbocycles. The van der Waals surface area contributed by atoms with E-state index in [0.29, 0.717) is 6.42 Å². The van der Waals surface area contributed by atoms with Crippen LogP contribution in [0.4, 0.5) is 5.69 Å². The van der Waals surface area contributed by atoms with Gasteiger partial charge in [-0.25, -0.2) is 0 Å². The molecule has 0 saturated heterocycles. The molecule has 31 heavy (non-hydrogen) atoms. The van der Waals surface area contributed by atoms with Gasteiger partial charge in [0.15, 0.2) is 0 Å². The van der Waals surface area contributed by atoms with E-state index in [1.807, 2.05) is 102 Å². The first-order valence-electron chi connectivity index (χ1n) is 10.5. The maximum Gasteiger partial charge on any atom is 1.00 e. The number of rotatable bonds is 4. The van der Waals surface area contributed by atoms with Gasteiger partial charge in [-0.1, -0.05) is 102 Å².